The van der Waals surface area contributed by atoms with Gasteiger partial charge in [-0.3, -0.25) is 0 Å². The van der Waals surface area contributed by atoms with Gasteiger partial charge in [0.05, 0.1) is 13.7 Å². The van der Waals surface area contributed by atoms with Crippen LogP contribution in [0.2, 0.25) is 0 Å². The summed E-state index contributed by atoms with van der Waals surface area (Å²) in [6, 6.07) is 8.41. The number of methoxy groups -OCH3 is 1. The van der Waals surface area contributed by atoms with E-state index in [4.69, 9.17) is 25.8 Å². The summed E-state index contributed by atoms with van der Waals surface area (Å²) >= 11 is 0. The first-order valence-corrected chi connectivity index (χ1v) is 12.8. The Hall–Kier alpha value is -4.25. The van der Waals surface area contributed by atoms with Crippen molar-refractivity contribution in [1.29, 1.82) is 0 Å². The maximum atomic E-state index is 13.1. The third kappa shape index (κ3) is 10.1. The first kappa shape index (κ1) is 32.0. The number of ether oxygens (including phenoxy) is 2. The number of aryl methyl sites for hydroxylation is 1. The average Bonchev–Trinajstić information content (AvgIpc) is 2.88. The molecule has 0 fully saturated rings. The fourth-order valence-corrected chi connectivity index (χ4v) is 4.43. The zero-order valence-corrected chi connectivity index (χ0v) is 22.1. The number of rotatable bonds is 13. The maximum absolute atomic E-state index is 13.1. The number of nitrogens with two attached hydrogens (primary N) is 2. The van der Waals surface area contributed by atoms with E-state index in [2.05, 4.69) is 19.7 Å². The number of nitrogens with one attached hydrogen (secondary N) is 1. The molecule has 0 amide bonds. The lowest BCUT2D eigenvalue weighted by Crippen LogP contribution is -2.44. The summed E-state index contributed by atoms with van der Waals surface area (Å²) in [6.07, 6.45) is -5.41. The van der Waals surface area contributed by atoms with Crippen LogP contribution in [-0.4, -0.2) is 58.9 Å². The minimum absolute atomic E-state index is 0.0566. The van der Waals surface area contributed by atoms with Gasteiger partial charge in [-0.2, -0.15) is 17.9 Å². The largest absolute Gasteiger partial charge is 0.495 e. The lowest BCUT2D eigenvalue weighted by Gasteiger charge is -2.18. The van der Waals surface area contributed by atoms with Gasteiger partial charge in [-0.15, -0.1) is 0 Å². The van der Waals surface area contributed by atoms with Crippen LogP contribution in [0, 0.1) is 6.92 Å². The number of nitrogens with zero attached hydrogens (tertiary/aromatic N) is 1. The molecule has 0 saturated carbocycles. The standard InChI is InChI=1S/C23H27F3N4O9S/c1-14-4-9-18(35-2)19(12-14)40(33,34)30-17(20(31)38-39-21(32)23(24,25)26)13-15-5-7-16(8-6-15)36-10-3-11-37-29-22(27)28/h4-9,12,17,30H,3,10-11,13H2,1-2H3,(H4,27,28,29)/t17-/m0/s1. The van der Waals surface area contributed by atoms with Gasteiger partial charge in [0.15, 0.2) is 0 Å². The highest BCUT2D eigenvalue weighted by Crippen LogP contribution is 2.25. The number of carbonyl (C=O) groups is 2. The van der Waals surface area contributed by atoms with E-state index in [-0.39, 0.29) is 29.8 Å². The second-order valence-corrected chi connectivity index (χ2v) is 9.68. The second-order valence-electron chi connectivity index (χ2n) is 8.00. The first-order valence-electron chi connectivity index (χ1n) is 11.3. The molecule has 220 valence electrons. The van der Waals surface area contributed by atoms with E-state index < -0.39 is 40.6 Å². The van der Waals surface area contributed by atoms with Crippen molar-refractivity contribution in [2.24, 2.45) is 16.6 Å². The second kappa shape index (κ2) is 14.2. The zero-order chi connectivity index (χ0) is 29.9. The summed E-state index contributed by atoms with van der Waals surface area (Å²) in [5, 5.41) is 3.36. The maximum Gasteiger partial charge on any atom is 0.495 e. The summed E-state index contributed by atoms with van der Waals surface area (Å²) in [6.45, 7) is 2.03. The fraction of sp³-hybridized carbons (Fsp3) is 0.348. The summed E-state index contributed by atoms with van der Waals surface area (Å²) in [7, 11) is -3.26. The lowest BCUT2D eigenvalue weighted by atomic mass is 10.1. The smallest absolute Gasteiger partial charge is 0.495 e. The van der Waals surface area contributed by atoms with E-state index >= 15 is 0 Å². The minimum Gasteiger partial charge on any atom is -0.495 e. The van der Waals surface area contributed by atoms with Crippen molar-refractivity contribution in [3.63, 3.8) is 0 Å². The zero-order valence-electron chi connectivity index (χ0n) is 21.3. The van der Waals surface area contributed by atoms with Crippen molar-refractivity contribution >= 4 is 27.9 Å². The molecule has 2 rings (SSSR count). The van der Waals surface area contributed by atoms with Crippen LogP contribution >= 0.6 is 0 Å². The van der Waals surface area contributed by atoms with Gasteiger partial charge in [-0.1, -0.05) is 18.2 Å². The Morgan fingerprint density at radius 1 is 1.05 bits per heavy atom. The molecule has 0 aliphatic rings. The summed E-state index contributed by atoms with van der Waals surface area (Å²) in [5.74, 6) is -4.27. The fourth-order valence-electron chi connectivity index (χ4n) is 2.99. The van der Waals surface area contributed by atoms with E-state index in [0.29, 0.717) is 23.3 Å². The highest BCUT2D eigenvalue weighted by atomic mass is 32.2. The highest BCUT2D eigenvalue weighted by Gasteiger charge is 2.43. The van der Waals surface area contributed by atoms with Gasteiger partial charge in [-0.05, 0) is 53.9 Å². The van der Waals surface area contributed by atoms with Crippen molar-refractivity contribution in [3.8, 4) is 11.5 Å². The van der Waals surface area contributed by atoms with Crippen molar-refractivity contribution in [2.45, 2.75) is 36.9 Å². The van der Waals surface area contributed by atoms with E-state index in [1.807, 2.05) is 0 Å². The van der Waals surface area contributed by atoms with Crippen molar-refractivity contribution in [2.75, 3.05) is 20.3 Å². The number of halogens is 3. The SMILES string of the molecule is COc1ccc(C)cc1S(=O)(=O)N[C@@H](Cc1ccc(OCCCON=C(N)N)cc1)C(=O)OOC(=O)C(F)(F)F. The number of benzene rings is 2. The third-order valence-corrected chi connectivity index (χ3v) is 6.30. The first-order chi connectivity index (χ1) is 18.7. The van der Waals surface area contributed by atoms with Crippen LogP contribution in [-0.2, 0) is 40.6 Å². The minimum atomic E-state index is -5.45. The quantitative estimate of drug-likeness (QED) is 0.100. The summed E-state index contributed by atoms with van der Waals surface area (Å²) in [4.78, 5) is 35.6. The van der Waals surface area contributed by atoms with Gasteiger partial charge in [0.25, 0.3) is 0 Å². The molecule has 40 heavy (non-hydrogen) atoms. The van der Waals surface area contributed by atoms with Crippen LogP contribution in [0.1, 0.15) is 17.5 Å². The molecule has 0 spiro atoms. The Bertz CT molecular complexity index is 1300. The van der Waals surface area contributed by atoms with E-state index in [9.17, 15) is 31.2 Å². The van der Waals surface area contributed by atoms with Gasteiger partial charge in [0.2, 0.25) is 16.0 Å². The molecule has 0 bridgehead atoms. The topological polar surface area (TPSA) is 191 Å². The van der Waals surface area contributed by atoms with Gasteiger partial charge in [0.1, 0.15) is 29.0 Å². The van der Waals surface area contributed by atoms with Crippen LogP contribution in [0.3, 0.4) is 0 Å². The van der Waals surface area contributed by atoms with Gasteiger partial charge in [-0.25, -0.2) is 27.8 Å². The molecule has 0 aliphatic heterocycles. The molecule has 2 aromatic carbocycles. The number of carbonyl (C=O) groups excluding carboxylic acids is 2. The van der Waals surface area contributed by atoms with E-state index in [1.54, 1.807) is 13.0 Å². The highest BCUT2D eigenvalue weighted by molar-refractivity contribution is 7.89. The average molecular weight is 593 g/mol. The molecule has 5 N–H and O–H groups in total. The molecule has 13 nitrogen and oxygen atoms in total. The Labute approximate surface area is 227 Å². The summed E-state index contributed by atoms with van der Waals surface area (Å²) < 4.78 is 76.3. The van der Waals surface area contributed by atoms with Gasteiger partial charge < -0.3 is 25.8 Å². The molecule has 0 aliphatic carbocycles. The molecule has 17 heteroatoms. The molecular weight excluding hydrogens is 565 g/mol. The van der Waals surface area contributed by atoms with E-state index in [0.717, 1.165) is 0 Å². The van der Waals surface area contributed by atoms with Gasteiger partial charge >= 0.3 is 18.1 Å². The number of guanidine groups is 1. The Morgan fingerprint density at radius 2 is 1.73 bits per heavy atom. The number of sulfonamides is 1. The van der Waals surface area contributed by atoms with Crippen LogP contribution in [0.25, 0.3) is 0 Å². The molecule has 1 atom stereocenters. The van der Waals surface area contributed by atoms with Gasteiger partial charge in [0, 0.05) is 6.42 Å². The number of alkyl halides is 3. The number of oxime groups is 1. The van der Waals surface area contributed by atoms with Crippen LogP contribution < -0.4 is 25.7 Å². The summed E-state index contributed by atoms with van der Waals surface area (Å²) in [5.41, 5.74) is 11.1. The van der Waals surface area contributed by atoms with Crippen molar-refractivity contribution < 1.29 is 55.3 Å². The molecule has 0 unspecified atom stereocenters. The molecule has 0 heterocycles. The Balaban J connectivity index is 2.18. The monoisotopic (exact) mass is 592 g/mol. The van der Waals surface area contributed by atoms with Crippen LogP contribution in [0.5, 0.6) is 11.5 Å². The van der Waals surface area contributed by atoms with Crippen LogP contribution in [0.4, 0.5) is 13.2 Å². The number of hydrogen-bond donors (Lipinski definition) is 3. The molecule has 0 saturated heterocycles. The number of hydrogen-bond acceptors (Lipinski definition) is 10. The van der Waals surface area contributed by atoms with E-state index in [1.165, 1.54) is 43.5 Å². The molecular formula is C23H27F3N4O9S. The normalized spacial score (nSPS) is 12.1. The van der Waals surface area contributed by atoms with Crippen molar-refractivity contribution in [1.82, 2.24) is 4.72 Å². The third-order valence-electron chi connectivity index (χ3n) is 4.80. The Kier molecular flexibility index (Phi) is 11.4. The van der Waals surface area contributed by atoms with Crippen molar-refractivity contribution in [3.05, 3.63) is 53.6 Å². The predicted octanol–water partition coefficient (Wildman–Crippen LogP) is 1.43. The predicted molar refractivity (Wildman–Crippen MR) is 132 cm³/mol. The molecule has 2 aromatic rings. The molecule has 0 radical (unpaired) electrons. The van der Waals surface area contributed by atoms with Crippen LogP contribution in [0.15, 0.2) is 52.5 Å². The molecule has 0 aromatic heterocycles. The lowest BCUT2D eigenvalue weighted by molar-refractivity contribution is -0.286. The Morgan fingerprint density at radius 3 is 2.33 bits per heavy atom.